The Morgan fingerprint density at radius 3 is 2.48 bits per heavy atom. The average molecular weight is 369 g/mol. The number of halogens is 2. The Balaban J connectivity index is 2.48. The van der Waals surface area contributed by atoms with Crippen molar-refractivity contribution in [1.29, 1.82) is 0 Å². The summed E-state index contributed by atoms with van der Waals surface area (Å²) in [7, 11) is 1.67. The van der Waals surface area contributed by atoms with Crippen LogP contribution in [0.4, 0.5) is 0 Å². The minimum absolute atomic E-state index is 0.0448. The fourth-order valence-corrected chi connectivity index (χ4v) is 3.26. The van der Waals surface area contributed by atoms with E-state index in [4.69, 9.17) is 16.3 Å². The molecule has 1 N–H and O–H groups in total. The minimum atomic E-state index is 0.0448. The van der Waals surface area contributed by atoms with Crippen molar-refractivity contribution in [2.75, 3.05) is 13.7 Å². The molecule has 0 bridgehead atoms. The van der Waals surface area contributed by atoms with Crippen LogP contribution in [0.2, 0.25) is 5.02 Å². The first-order chi connectivity index (χ1) is 10.1. The van der Waals surface area contributed by atoms with Gasteiger partial charge in [0.1, 0.15) is 5.75 Å². The normalized spacial score (nSPS) is 12.2. The number of methoxy groups -OCH3 is 1. The van der Waals surface area contributed by atoms with E-state index in [0.29, 0.717) is 0 Å². The van der Waals surface area contributed by atoms with Gasteiger partial charge < -0.3 is 10.1 Å². The summed E-state index contributed by atoms with van der Waals surface area (Å²) in [6.45, 7) is 4.99. The molecule has 0 aliphatic carbocycles. The molecule has 0 fully saturated rings. The molecular formula is C17H19BrClNO. The Kier molecular flexibility index (Phi) is 5.68. The Hall–Kier alpha value is -1.03. The third-order valence-electron chi connectivity index (χ3n) is 3.39. The molecule has 2 nitrogen and oxygen atoms in total. The third-order valence-corrected chi connectivity index (χ3v) is 4.41. The van der Waals surface area contributed by atoms with Gasteiger partial charge in [0.25, 0.3) is 0 Å². The number of ether oxygens (including phenoxy) is 1. The highest BCUT2D eigenvalue weighted by Gasteiger charge is 2.19. The molecule has 0 heterocycles. The standard InChI is InChI=1S/C17H19BrClNO/c1-4-20-17(14-7-5-11(2)9-16(14)19)13-8-6-12(21-3)10-15(13)18/h5-10,17,20H,4H2,1-3H3. The Morgan fingerprint density at radius 1 is 1.19 bits per heavy atom. The van der Waals surface area contributed by atoms with Crippen molar-refractivity contribution in [1.82, 2.24) is 5.32 Å². The van der Waals surface area contributed by atoms with E-state index in [1.165, 1.54) is 0 Å². The van der Waals surface area contributed by atoms with Crippen molar-refractivity contribution in [2.45, 2.75) is 19.9 Å². The molecule has 0 aliphatic rings. The summed E-state index contributed by atoms with van der Waals surface area (Å²) >= 11 is 10.1. The van der Waals surface area contributed by atoms with Crippen LogP contribution in [-0.2, 0) is 0 Å². The Morgan fingerprint density at radius 2 is 1.90 bits per heavy atom. The molecule has 1 unspecified atom stereocenters. The van der Waals surface area contributed by atoms with Crippen molar-refractivity contribution in [3.8, 4) is 5.75 Å². The third kappa shape index (κ3) is 3.79. The number of hydrogen-bond donors (Lipinski definition) is 1. The first kappa shape index (κ1) is 16.3. The predicted molar refractivity (Wildman–Crippen MR) is 92.4 cm³/mol. The van der Waals surface area contributed by atoms with E-state index in [1.807, 2.05) is 25.1 Å². The number of aryl methyl sites for hydroxylation is 1. The van der Waals surface area contributed by atoms with Crippen LogP contribution >= 0.6 is 27.5 Å². The molecule has 0 aromatic heterocycles. The highest BCUT2D eigenvalue weighted by molar-refractivity contribution is 9.10. The molecule has 1 atom stereocenters. The highest BCUT2D eigenvalue weighted by atomic mass is 79.9. The van der Waals surface area contributed by atoms with E-state index in [9.17, 15) is 0 Å². The van der Waals surface area contributed by atoms with E-state index >= 15 is 0 Å². The van der Waals surface area contributed by atoms with E-state index in [0.717, 1.165) is 38.5 Å². The van der Waals surface area contributed by atoms with Crippen molar-refractivity contribution >= 4 is 27.5 Å². The number of benzene rings is 2. The van der Waals surface area contributed by atoms with Crippen LogP contribution in [0.5, 0.6) is 5.75 Å². The van der Waals surface area contributed by atoms with Gasteiger partial charge in [-0.3, -0.25) is 0 Å². The van der Waals surface area contributed by atoms with Gasteiger partial charge in [0, 0.05) is 9.50 Å². The molecule has 0 aliphatic heterocycles. The second-order valence-electron chi connectivity index (χ2n) is 4.90. The van der Waals surface area contributed by atoms with Gasteiger partial charge in [0.15, 0.2) is 0 Å². The van der Waals surface area contributed by atoms with Gasteiger partial charge >= 0.3 is 0 Å². The van der Waals surface area contributed by atoms with Gasteiger partial charge in [0.2, 0.25) is 0 Å². The van der Waals surface area contributed by atoms with Crippen LogP contribution in [0.25, 0.3) is 0 Å². The molecule has 4 heteroatoms. The van der Waals surface area contributed by atoms with Crippen LogP contribution < -0.4 is 10.1 Å². The lowest BCUT2D eigenvalue weighted by Crippen LogP contribution is -2.22. The Bertz CT molecular complexity index is 630. The first-order valence-electron chi connectivity index (χ1n) is 6.89. The zero-order valence-corrected chi connectivity index (χ0v) is 14.8. The summed E-state index contributed by atoms with van der Waals surface area (Å²) in [6, 6.07) is 12.2. The van der Waals surface area contributed by atoms with Gasteiger partial charge in [-0.15, -0.1) is 0 Å². The fourth-order valence-electron chi connectivity index (χ4n) is 2.33. The topological polar surface area (TPSA) is 21.3 Å². The predicted octanol–water partition coefficient (Wildman–Crippen LogP) is 5.12. The van der Waals surface area contributed by atoms with Crippen molar-refractivity contribution in [3.63, 3.8) is 0 Å². The molecule has 2 aromatic carbocycles. The summed E-state index contributed by atoms with van der Waals surface area (Å²) in [5, 5.41) is 4.28. The number of rotatable bonds is 5. The van der Waals surface area contributed by atoms with E-state index < -0.39 is 0 Å². The van der Waals surface area contributed by atoms with E-state index in [1.54, 1.807) is 7.11 Å². The van der Waals surface area contributed by atoms with Gasteiger partial charge in [0.05, 0.1) is 13.2 Å². The van der Waals surface area contributed by atoms with Crippen LogP contribution in [0, 0.1) is 6.92 Å². The molecule has 0 saturated carbocycles. The molecule has 0 amide bonds. The van der Waals surface area contributed by atoms with Crippen molar-refractivity contribution in [3.05, 3.63) is 62.6 Å². The lowest BCUT2D eigenvalue weighted by molar-refractivity contribution is 0.414. The molecule has 0 radical (unpaired) electrons. The van der Waals surface area contributed by atoms with Crippen molar-refractivity contribution < 1.29 is 4.74 Å². The molecule has 0 spiro atoms. The van der Waals surface area contributed by atoms with Gasteiger partial charge in [-0.25, -0.2) is 0 Å². The van der Waals surface area contributed by atoms with Crippen LogP contribution in [0.3, 0.4) is 0 Å². The molecule has 2 aromatic rings. The smallest absolute Gasteiger partial charge is 0.120 e. The second kappa shape index (κ2) is 7.30. The van der Waals surface area contributed by atoms with Crippen LogP contribution in [-0.4, -0.2) is 13.7 Å². The maximum Gasteiger partial charge on any atom is 0.120 e. The van der Waals surface area contributed by atoms with E-state index in [2.05, 4.69) is 46.4 Å². The van der Waals surface area contributed by atoms with E-state index in [-0.39, 0.29) is 6.04 Å². The highest BCUT2D eigenvalue weighted by Crippen LogP contribution is 2.34. The maximum atomic E-state index is 6.44. The molecule has 21 heavy (non-hydrogen) atoms. The number of nitrogens with one attached hydrogen (secondary N) is 1. The monoisotopic (exact) mass is 367 g/mol. The molecule has 0 saturated heterocycles. The fraction of sp³-hybridized carbons (Fsp3) is 0.294. The summed E-state index contributed by atoms with van der Waals surface area (Å²) < 4.78 is 6.26. The van der Waals surface area contributed by atoms with Crippen molar-refractivity contribution in [2.24, 2.45) is 0 Å². The molecular weight excluding hydrogens is 350 g/mol. The van der Waals surface area contributed by atoms with Gasteiger partial charge in [-0.2, -0.15) is 0 Å². The zero-order valence-electron chi connectivity index (χ0n) is 12.4. The SMILES string of the molecule is CCNC(c1ccc(C)cc1Cl)c1ccc(OC)cc1Br. The summed E-state index contributed by atoms with van der Waals surface area (Å²) in [4.78, 5) is 0. The molecule has 2 rings (SSSR count). The summed E-state index contributed by atoms with van der Waals surface area (Å²) in [6.07, 6.45) is 0. The molecule has 112 valence electrons. The van der Waals surface area contributed by atoms with Crippen LogP contribution in [0.15, 0.2) is 40.9 Å². The first-order valence-corrected chi connectivity index (χ1v) is 8.06. The largest absolute Gasteiger partial charge is 0.497 e. The quantitative estimate of drug-likeness (QED) is 0.791. The van der Waals surface area contributed by atoms with Crippen LogP contribution in [0.1, 0.15) is 29.7 Å². The lowest BCUT2D eigenvalue weighted by Gasteiger charge is -2.22. The minimum Gasteiger partial charge on any atom is -0.497 e. The number of hydrogen-bond acceptors (Lipinski definition) is 2. The average Bonchev–Trinajstić information content (AvgIpc) is 2.46. The second-order valence-corrected chi connectivity index (χ2v) is 6.16. The zero-order chi connectivity index (χ0) is 15.4. The Labute approximate surface area is 139 Å². The summed E-state index contributed by atoms with van der Waals surface area (Å²) in [5.41, 5.74) is 3.38. The lowest BCUT2D eigenvalue weighted by atomic mass is 9.97. The summed E-state index contributed by atoms with van der Waals surface area (Å²) in [5.74, 6) is 0.830. The maximum absolute atomic E-state index is 6.44. The van der Waals surface area contributed by atoms with Gasteiger partial charge in [-0.05, 0) is 48.4 Å². The van der Waals surface area contributed by atoms with Gasteiger partial charge in [-0.1, -0.05) is 52.7 Å².